The molecule has 0 radical (unpaired) electrons. The first-order valence-electron chi connectivity index (χ1n) is 11.4. The van der Waals surface area contributed by atoms with Crippen LogP contribution in [-0.4, -0.2) is 82.3 Å². The van der Waals surface area contributed by atoms with Crippen molar-refractivity contribution in [3.63, 3.8) is 0 Å². The van der Waals surface area contributed by atoms with Gasteiger partial charge in [0.15, 0.2) is 6.61 Å². The fourth-order valence-corrected chi connectivity index (χ4v) is 4.95. The van der Waals surface area contributed by atoms with Crippen molar-refractivity contribution in [3.8, 4) is 5.75 Å². The Hall–Kier alpha value is -3.12. The number of methoxy groups -OCH3 is 1. The van der Waals surface area contributed by atoms with E-state index in [9.17, 15) is 29.1 Å². The molecule has 1 saturated carbocycles. The fourth-order valence-electron chi connectivity index (χ4n) is 3.64. The van der Waals surface area contributed by atoms with E-state index < -0.39 is 58.8 Å². The molecule has 2 aliphatic rings. The monoisotopic (exact) mass is 522 g/mol. The first-order valence-corrected chi connectivity index (χ1v) is 12.4. The fraction of sp³-hybridized carbons (Fsp3) is 0.542. The summed E-state index contributed by atoms with van der Waals surface area (Å²) < 4.78 is 15.2. The Morgan fingerprint density at radius 2 is 1.83 bits per heavy atom. The first kappa shape index (κ1) is 27.5. The van der Waals surface area contributed by atoms with Crippen LogP contribution in [0.5, 0.6) is 5.75 Å². The number of nitrogens with zero attached hydrogens (tertiary/aromatic N) is 1. The zero-order valence-corrected chi connectivity index (χ0v) is 21.3. The number of Topliss-reactive ketones (excluding diaryl/α,β-unsaturated/α-hetero) is 1. The first-order chi connectivity index (χ1) is 16.9. The van der Waals surface area contributed by atoms with Gasteiger partial charge >= 0.3 is 11.9 Å². The zero-order chi connectivity index (χ0) is 26.6. The highest BCUT2D eigenvalue weighted by atomic mass is 32.2. The molecule has 196 valence electrons. The van der Waals surface area contributed by atoms with E-state index in [1.165, 1.54) is 7.11 Å². The second kappa shape index (κ2) is 11.3. The Labute approximate surface area is 212 Å². The molecule has 1 aromatic carbocycles. The number of ketones is 1. The molecule has 12 heteroatoms. The molecule has 3 rings (SSSR count). The molecule has 1 saturated heterocycles. The summed E-state index contributed by atoms with van der Waals surface area (Å²) in [5, 5.41) is 12.1. The van der Waals surface area contributed by atoms with Gasteiger partial charge in [-0.25, -0.2) is 4.79 Å². The number of likely N-dealkylation sites (tertiary alicyclic amines) is 1. The van der Waals surface area contributed by atoms with Crippen LogP contribution in [0.25, 0.3) is 0 Å². The number of hydrogen-bond acceptors (Lipinski definition) is 10. The molecule has 0 bridgehead atoms. The summed E-state index contributed by atoms with van der Waals surface area (Å²) in [4.78, 5) is 62.7. The standard InChI is InChI=1S/C24H30N2O9S/c1-24(2,3)35-23(32)20(30)26-19(29)18(25-17(28)11-34-13-8-6-5-7-9-13)21(26)36-12-16(27)14-10-15(14)22(31)33-4/h5-9,14-15,18,20-21,30H,10-12H2,1-4H3,(H,25,28)/t14?,15?,18-,20?,21-/m1/s1. The molecule has 2 fully saturated rings. The topological polar surface area (TPSA) is 149 Å². The molecular weight excluding hydrogens is 492 g/mol. The molecule has 5 atom stereocenters. The minimum absolute atomic E-state index is 0.0967. The van der Waals surface area contributed by atoms with Gasteiger partial charge in [-0.1, -0.05) is 18.2 Å². The van der Waals surface area contributed by atoms with Crippen molar-refractivity contribution < 1.29 is 43.3 Å². The van der Waals surface area contributed by atoms with Gasteiger partial charge in [0.1, 0.15) is 28.5 Å². The summed E-state index contributed by atoms with van der Waals surface area (Å²) in [7, 11) is 1.25. The number of aliphatic hydroxyl groups excluding tert-OH is 1. The van der Waals surface area contributed by atoms with E-state index in [2.05, 4.69) is 10.1 Å². The van der Waals surface area contributed by atoms with Crippen LogP contribution in [0.1, 0.15) is 27.2 Å². The number of hydrogen-bond donors (Lipinski definition) is 2. The third-order valence-electron chi connectivity index (χ3n) is 5.49. The van der Waals surface area contributed by atoms with Crippen LogP contribution in [-0.2, 0) is 33.4 Å². The van der Waals surface area contributed by atoms with Crippen molar-refractivity contribution in [1.29, 1.82) is 0 Å². The van der Waals surface area contributed by atoms with E-state index in [0.29, 0.717) is 12.2 Å². The number of ether oxygens (including phenoxy) is 3. The molecular formula is C24H30N2O9S. The normalized spacial score (nSPS) is 23.7. The highest BCUT2D eigenvalue weighted by molar-refractivity contribution is 8.00. The average molecular weight is 523 g/mol. The zero-order valence-electron chi connectivity index (χ0n) is 20.5. The van der Waals surface area contributed by atoms with Crippen molar-refractivity contribution >= 4 is 41.3 Å². The van der Waals surface area contributed by atoms with Gasteiger partial charge in [0.05, 0.1) is 18.8 Å². The second-order valence-corrected chi connectivity index (χ2v) is 10.5. The Morgan fingerprint density at radius 3 is 2.44 bits per heavy atom. The third kappa shape index (κ3) is 6.76. The summed E-state index contributed by atoms with van der Waals surface area (Å²) in [5.74, 6) is -3.59. The molecule has 1 aromatic rings. The number of nitrogens with one attached hydrogen (secondary N) is 1. The largest absolute Gasteiger partial charge is 0.484 e. The van der Waals surface area contributed by atoms with Crippen LogP contribution >= 0.6 is 11.8 Å². The van der Waals surface area contributed by atoms with Crippen molar-refractivity contribution in [2.75, 3.05) is 19.5 Å². The maximum atomic E-state index is 12.8. The minimum atomic E-state index is -1.92. The van der Waals surface area contributed by atoms with Gasteiger partial charge in [0.25, 0.3) is 11.8 Å². The number of benzene rings is 1. The van der Waals surface area contributed by atoms with E-state index in [1.807, 2.05) is 0 Å². The lowest BCUT2D eigenvalue weighted by Crippen LogP contribution is -2.73. The highest BCUT2D eigenvalue weighted by Gasteiger charge is 2.55. The molecule has 2 N–H and O–H groups in total. The van der Waals surface area contributed by atoms with Crippen molar-refractivity contribution in [3.05, 3.63) is 30.3 Å². The SMILES string of the molecule is COC(=O)C1CC1C(=O)CS[C@@H]1[C@H](NC(=O)COc2ccccc2)C(=O)N1C(O)C(=O)OC(C)(C)C. The van der Waals surface area contributed by atoms with Crippen LogP contribution in [0.4, 0.5) is 0 Å². The van der Waals surface area contributed by atoms with Crippen LogP contribution in [0, 0.1) is 11.8 Å². The van der Waals surface area contributed by atoms with Crippen molar-refractivity contribution in [1.82, 2.24) is 10.2 Å². The van der Waals surface area contributed by atoms with Crippen LogP contribution in [0.15, 0.2) is 30.3 Å². The molecule has 3 unspecified atom stereocenters. The highest BCUT2D eigenvalue weighted by Crippen LogP contribution is 2.42. The molecule has 0 spiro atoms. The Morgan fingerprint density at radius 1 is 1.17 bits per heavy atom. The molecule has 11 nitrogen and oxygen atoms in total. The van der Waals surface area contributed by atoms with Gasteiger partial charge in [-0.3, -0.25) is 24.1 Å². The number of aliphatic hydroxyl groups is 1. The third-order valence-corrected chi connectivity index (χ3v) is 6.79. The van der Waals surface area contributed by atoms with E-state index in [4.69, 9.17) is 9.47 Å². The van der Waals surface area contributed by atoms with Crippen LogP contribution in [0.2, 0.25) is 0 Å². The van der Waals surface area contributed by atoms with Gasteiger partial charge in [0.2, 0.25) is 6.23 Å². The van der Waals surface area contributed by atoms with Crippen molar-refractivity contribution in [2.24, 2.45) is 11.8 Å². The molecule has 0 aromatic heterocycles. The van der Waals surface area contributed by atoms with E-state index >= 15 is 0 Å². The number of β-lactam (4-membered cyclic amide) rings is 1. The van der Waals surface area contributed by atoms with E-state index in [1.54, 1.807) is 51.1 Å². The molecule has 1 aliphatic heterocycles. The summed E-state index contributed by atoms with van der Waals surface area (Å²) in [5.41, 5.74) is -0.901. The number of thioether (sulfide) groups is 1. The number of amides is 2. The molecule has 1 heterocycles. The Bertz CT molecular complexity index is 1010. The number of para-hydroxylation sites is 1. The second-order valence-electron chi connectivity index (χ2n) is 9.44. The number of carbonyl (C=O) groups is 5. The van der Waals surface area contributed by atoms with Gasteiger partial charge in [-0.2, -0.15) is 0 Å². The van der Waals surface area contributed by atoms with Gasteiger partial charge in [-0.15, -0.1) is 11.8 Å². The van der Waals surface area contributed by atoms with Crippen LogP contribution < -0.4 is 10.1 Å². The maximum absolute atomic E-state index is 12.8. The number of carbonyl (C=O) groups excluding carboxylic acids is 5. The van der Waals surface area contributed by atoms with Crippen molar-refractivity contribution in [2.45, 2.75) is 50.4 Å². The lowest BCUT2D eigenvalue weighted by molar-refractivity contribution is -0.189. The predicted molar refractivity (Wildman–Crippen MR) is 127 cm³/mol. The van der Waals surface area contributed by atoms with E-state index in [-0.39, 0.29) is 18.1 Å². The lowest BCUT2D eigenvalue weighted by atomic mass is 10.1. The average Bonchev–Trinajstić information content (AvgIpc) is 3.63. The quantitative estimate of drug-likeness (QED) is 0.311. The van der Waals surface area contributed by atoms with Gasteiger partial charge < -0.3 is 24.6 Å². The molecule has 36 heavy (non-hydrogen) atoms. The van der Waals surface area contributed by atoms with Gasteiger partial charge in [-0.05, 0) is 39.3 Å². The van der Waals surface area contributed by atoms with E-state index in [0.717, 1.165) is 16.7 Å². The Kier molecular flexibility index (Phi) is 8.62. The summed E-state index contributed by atoms with van der Waals surface area (Å²) in [6.45, 7) is 4.48. The number of rotatable bonds is 11. The molecule has 1 aliphatic carbocycles. The number of esters is 2. The smallest absolute Gasteiger partial charge is 0.357 e. The lowest BCUT2D eigenvalue weighted by Gasteiger charge is -2.48. The summed E-state index contributed by atoms with van der Waals surface area (Å²) in [6, 6.07) is 7.53. The molecule has 2 amide bonds. The minimum Gasteiger partial charge on any atom is -0.484 e. The van der Waals surface area contributed by atoms with Crippen LogP contribution in [0.3, 0.4) is 0 Å². The summed E-state index contributed by atoms with van der Waals surface area (Å²) >= 11 is 0.981. The predicted octanol–water partition coefficient (Wildman–Crippen LogP) is 0.490. The Balaban J connectivity index is 1.64. The summed E-state index contributed by atoms with van der Waals surface area (Å²) in [6.07, 6.45) is -1.53. The van der Waals surface area contributed by atoms with Gasteiger partial charge in [0, 0.05) is 5.92 Å². The maximum Gasteiger partial charge on any atom is 0.357 e.